The number of rotatable bonds is 4. The van der Waals surface area contributed by atoms with Gasteiger partial charge in [-0.25, -0.2) is 4.68 Å². The minimum absolute atomic E-state index is 0.0135. The molecule has 0 atom stereocenters. The van der Waals surface area contributed by atoms with Crippen LogP contribution in [-0.2, 0) is 10.3 Å². The van der Waals surface area contributed by atoms with Gasteiger partial charge < -0.3 is 4.74 Å². The second-order valence-corrected chi connectivity index (χ2v) is 9.56. The summed E-state index contributed by atoms with van der Waals surface area (Å²) in [7, 11) is 0. The van der Waals surface area contributed by atoms with Gasteiger partial charge in [0.25, 0.3) is 0 Å². The Kier molecular flexibility index (Phi) is 5.99. The third-order valence-electron chi connectivity index (χ3n) is 4.98. The van der Waals surface area contributed by atoms with Gasteiger partial charge in [-0.05, 0) is 59.6 Å². The summed E-state index contributed by atoms with van der Waals surface area (Å²) in [6, 6.07) is 8.39. The van der Waals surface area contributed by atoms with Crippen molar-refractivity contribution in [3.05, 3.63) is 35.5 Å². The van der Waals surface area contributed by atoms with Crippen molar-refractivity contribution in [1.29, 1.82) is 0 Å². The van der Waals surface area contributed by atoms with Crippen LogP contribution in [0.4, 0.5) is 0 Å². The van der Waals surface area contributed by atoms with Crippen molar-refractivity contribution in [3.63, 3.8) is 0 Å². The molecule has 0 radical (unpaired) electrons. The number of carbonyl (C=O) groups is 1. The van der Waals surface area contributed by atoms with Gasteiger partial charge in [-0.3, -0.25) is 4.79 Å². The predicted molar refractivity (Wildman–Crippen MR) is 109 cm³/mol. The molecular formula is C22H30N2O2S. The molecule has 0 aliphatic heterocycles. The van der Waals surface area contributed by atoms with Crippen LogP contribution >= 0.6 is 11.8 Å². The number of hydrogen-bond acceptors (Lipinski definition) is 4. The number of carbonyl (C=O) groups excluding carboxylic acids is 1. The first-order chi connectivity index (χ1) is 12.8. The summed E-state index contributed by atoms with van der Waals surface area (Å²) >= 11 is 1.61. The summed E-state index contributed by atoms with van der Waals surface area (Å²) in [5.41, 5.74) is 1.85. The summed E-state index contributed by atoms with van der Waals surface area (Å²) in [6.45, 7) is 10.3. The summed E-state index contributed by atoms with van der Waals surface area (Å²) in [5, 5.41) is 4.71. The lowest BCUT2D eigenvalue weighted by atomic mass is 9.89. The third-order valence-corrected chi connectivity index (χ3v) is 6.16. The second-order valence-electron chi connectivity index (χ2n) is 8.47. The van der Waals surface area contributed by atoms with Crippen LogP contribution in [0, 0.1) is 19.8 Å². The number of aromatic nitrogens is 2. The number of ether oxygens (including phenoxy) is 1. The van der Waals surface area contributed by atoms with Crippen molar-refractivity contribution in [2.75, 3.05) is 0 Å². The largest absolute Gasteiger partial charge is 0.406 e. The lowest BCUT2D eigenvalue weighted by molar-refractivity contribution is -0.140. The highest BCUT2D eigenvalue weighted by Crippen LogP contribution is 2.40. The number of nitrogens with zero attached hydrogens (tertiary/aromatic N) is 2. The Labute approximate surface area is 166 Å². The monoisotopic (exact) mass is 386 g/mol. The number of hydrogen-bond donors (Lipinski definition) is 0. The minimum atomic E-state index is -0.265. The maximum Gasteiger partial charge on any atom is 0.315 e. The Balaban J connectivity index is 1.93. The van der Waals surface area contributed by atoms with Gasteiger partial charge in [0.05, 0.1) is 22.0 Å². The fourth-order valence-electron chi connectivity index (χ4n) is 3.39. The highest BCUT2D eigenvalue weighted by molar-refractivity contribution is 7.99. The van der Waals surface area contributed by atoms with Crippen LogP contribution in [0.15, 0.2) is 34.1 Å². The second kappa shape index (κ2) is 8.09. The molecule has 0 amide bonds. The van der Waals surface area contributed by atoms with Crippen molar-refractivity contribution >= 4 is 17.7 Å². The van der Waals surface area contributed by atoms with Crippen LogP contribution in [0.3, 0.4) is 0 Å². The zero-order valence-corrected chi connectivity index (χ0v) is 17.9. The Morgan fingerprint density at radius 1 is 1.11 bits per heavy atom. The van der Waals surface area contributed by atoms with Crippen LogP contribution in [0.5, 0.6) is 5.88 Å². The molecule has 4 nitrogen and oxygen atoms in total. The van der Waals surface area contributed by atoms with E-state index in [-0.39, 0.29) is 17.4 Å². The van der Waals surface area contributed by atoms with E-state index >= 15 is 0 Å². The Bertz CT molecular complexity index is 797. The van der Waals surface area contributed by atoms with Gasteiger partial charge >= 0.3 is 5.97 Å². The van der Waals surface area contributed by atoms with E-state index in [9.17, 15) is 4.79 Å². The Morgan fingerprint density at radius 3 is 2.33 bits per heavy atom. The van der Waals surface area contributed by atoms with E-state index in [1.807, 2.05) is 11.6 Å². The van der Waals surface area contributed by atoms with Crippen molar-refractivity contribution in [2.24, 2.45) is 5.92 Å². The van der Waals surface area contributed by atoms with Crippen molar-refractivity contribution in [3.8, 4) is 5.88 Å². The smallest absolute Gasteiger partial charge is 0.315 e. The van der Waals surface area contributed by atoms with Crippen molar-refractivity contribution in [2.45, 2.75) is 82.1 Å². The highest BCUT2D eigenvalue weighted by Gasteiger charge is 2.30. The quantitative estimate of drug-likeness (QED) is 0.614. The molecule has 0 spiro atoms. The SMILES string of the molecule is Cc1ccc(Sc2c(C)nn(C(C)(C)C)c2OC(=O)C2CCCCC2)cc1. The molecule has 1 aromatic carbocycles. The van der Waals surface area contributed by atoms with Crippen LogP contribution in [0.2, 0.25) is 0 Å². The van der Waals surface area contributed by atoms with Crippen LogP contribution in [0.25, 0.3) is 0 Å². The molecule has 1 aliphatic carbocycles. The molecule has 0 unspecified atom stereocenters. The van der Waals surface area contributed by atoms with Gasteiger partial charge in [0.2, 0.25) is 5.88 Å². The molecule has 0 bridgehead atoms. The summed E-state index contributed by atoms with van der Waals surface area (Å²) in [5.74, 6) is 0.492. The fourth-order valence-corrected chi connectivity index (χ4v) is 4.31. The summed E-state index contributed by atoms with van der Waals surface area (Å²) in [6.07, 6.45) is 5.31. The lowest BCUT2D eigenvalue weighted by Gasteiger charge is -2.24. The Hall–Kier alpha value is -1.75. The van der Waals surface area contributed by atoms with Gasteiger partial charge in [0.15, 0.2) is 0 Å². The highest BCUT2D eigenvalue weighted by atomic mass is 32.2. The molecular weight excluding hydrogens is 356 g/mol. The fraction of sp³-hybridized carbons (Fsp3) is 0.545. The van der Waals surface area contributed by atoms with Gasteiger partial charge in [-0.1, -0.05) is 48.7 Å². The van der Waals surface area contributed by atoms with Crippen molar-refractivity contribution in [1.82, 2.24) is 9.78 Å². The van der Waals surface area contributed by atoms with E-state index in [0.717, 1.165) is 41.2 Å². The predicted octanol–water partition coefficient (Wildman–Crippen LogP) is 5.89. The molecule has 5 heteroatoms. The number of esters is 1. The van der Waals surface area contributed by atoms with E-state index in [2.05, 4.69) is 52.0 Å². The van der Waals surface area contributed by atoms with Gasteiger partial charge in [-0.15, -0.1) is 0 Å². The average Bonchev–Trinajstić information content (AvgIpc) is 2.94. The molecule has 1 aliphatic rings. The molecule has 146 valence electrons. The normalized spacial score (nSPS) is 15.7. The topological polar surface area (TPSA) is 44.1 Å². The van der Waals surface area contributed by atoms with Crippen molar-refractivity contribution < 1.29 is 9.53 Å². The molecule has 3 rings (SSSR count). The summed E-state index contributed by atoms with van der Waals surface area (Å²) < 4.78 is 7.86. The maximum absolute atomic E-state index is 12.8. The first kappa shape index (κ1) is 20.0. The van der Waals surface area contributed by atoms with E-state index in [1.165, 1.54) is 12.0 Å². The van der Waals surface area contributed by atoms with E-state index in [4.69, 9.17) is 9.84 Å². The van der Waals surface area contributed by atoms with E-state index < -0.39 is 0 Å². The first-order valence-corrected chi connectivity index (χ1v) is 10.6. The van der Waals surface area contributed by atoms with Crippen LogP contribution in [-0.4, -0.2) is 15.7 Å². The van der Waals surface area contributed by atoms with Crippen LogP contribution in [0.1, 0.15) is 64.1 Å². The lowest BCUT2D eigenvalue weighted by Crippen LogP contribution is -2.28. The molecule has 0 saturated heterocycles. The number of aryl methyl sites for hydroxylation is 2. The summed E-state index contributed by atoms with van der Waals surface area (Å²) in [4.78, 5) is 14.9. The zero-order chi connectivity index (χ0) is 19.6. The molecule has 1 saturated carbocycles. The van der Waals surface area contributed by atoms with E-state index in [0.29, 0.717) is 5.88 Å². The zero-order valence-electron chi connectivity index (χ0n) is 17.0. The van der Waals surface area contributed by atoms with Gasteiger partial charge in [-0.2, -0.15) is 5.10 Å². The molecule has 1 aromatic heterocycles. The van der Waals surface area contributed by atoms with Gasteiger partial charge in [0.1, 0.15) is 0 Å². The van der Waals surface area contributed by atoms with Crippen LogP contribution < -0.4 is 4.74 Å². The standard InChI is InChI=1S/C22H30N2O2S/c1-15-11-13-18(14-12-15)27-19-16(2)23-24(22(3,4)5)20(19)26-21(25)17-9-7-6-8-10-17/h11-14,17H,6-10H2,1-5H3. The first-order valence-electron chi connectivity index (χ1n) is 9.82. The molecule has 1 fully saturated rings. The minimum Gasteiger partial charge on any atom is -0.406 e. The van der Waals surface area contributed by atoms with Gasteiger partial charge in [0, 0.05) is 4.90 Å². The molecule has 2 aromatic rings. The molecule has 1 heterocycles. The Morgan fingerprint density at radius 2 is 1.74 bits per heavy atom. The molecule has 27 heavy (non-hydrogen) atoms. The van der Waals surface area contributed by atoms with E-state index in [1.54, 1.807) is 11.8 Å². The third kappa shape index (κ3) is 4.75. The number of benzene rings is 1. The molecule has 0 N–H and O–H groups in total. The average molecular weight is 387 g/mol. The maximum atomic E-state index is 12.8.